The number of thioether (sulfide) groups is 1. The summed E-state index contributed by atoms with van der Waals surface area (Å²) < 4.78 is 0. The summed E-state index contributed by atoms with van der Waals surface area (Å²) >= 11 is 3.35. The maximum Gasteiger partial charge on any atom is 0.261 e. The summed E-state index contributed by atoms with van der Waals surface area (Å²) in [5.41, 5.74) is 0.952. The maximum atomic E-state index is 11.9. The van der Waals surface area contributed by atoms with E-state index in [1.165, 1.54) is 11.3 Å². The Hall–Kier alpha value is -1.27. The van der Waals surface area contributed by atoms with Gasteiger partial charge in [0, 0.05) is 23.7 Å². The van der Waals surface area contributed by atoms with Crippen LogP contribution in [0.4, 0.5) is 0 Å². The van der Waals surface area contributed by atoms with Gasteiger partial charge in [0.1, 0.15) is 0 Å². The minimum atomic E-state index is 0.0334. The van der Waals surface area contributed by atoms with Gasteiger partial charge in [-0.05, 0) is 18.2 Å². The predicted octanol–water partition coefficient (Wildman–Crippen LogP) is 1.98. The maximum absolute atomic E-state index is 11.9. The van der Waals surface area contributed by atoms with Crippen LogP contribution < -0.4 is 5.32 Å². The van der Waals surface area contributed by atoms with Crippen molar-refractivity contribution in [2.75, 3.05) is 11.5 Å². The first-order chi connectivity index (χ1) is 8.33. The van der Waals surface area contributed by atoms with Crippen molar-refractivity contribution in [3.05, 3.63) is 29.3 Å². The number of aromatic amines is 1. The Balaban J connectivity index is 1.73. The molecule has 17 heavy (non-hydrogen) atoms. The van der Waals surface area contributed by atoms with Crippen molar-refractivity contribution in [2.45, 2.75) is 6.04 Å². The van der Waals surface area contributed by atoms with Crippen LogP contribution in [0.1, 0.15) is 9.67 Å². The van der Waals surface area contributed by atoms with E-state index in [2.05, 4.69) is 15.5 Å². The van der Waals surface area contributed by atoms with E-state index in [0.717, 1.165) is 27.0 Å². The lowest BCUT2D eigenvalue weighted by atomic mass is 10.3. The molecule has 88 valence electrons. The van der Waals surface area contributed by atoms with E-state index in [1.54, 1.807) is 6.20 Å². The molecule has 0 spiro atoms. The number of hydrogen-bond acceptors (Lipinski definition) is 4. The second kappa shape index (κ2) is 4.54. The van der Waals surface area contributed by atoms with Crippen LogP contribution in [0.5, 0.6) is 0 Å². The van der Waals surface area contributed by atoms with Crippen molar-refractivity contribution in [1.29, 1.82) is 0 Å². The lowest BCUT2D eigenvalue weighted by Crippen LogP contribution is -2.43. The van der Waals surface area contributed by atoms with Gasteiger partial charge in [0.25, 0.3) is 5.91 Å². The van der Waals surface area contributed by atoms with Gasteiger partial charge < -0.3 is 5.32 Å². The molecule has 0 aromatic carbocycles. The highest BCUT2D eigenvalue weighted by Gasteiger charge is 2.21. The molecular formula is C11H11N3OS2. The van der Waals surface area contributed by atoms with Crippen LogP contribution in [0.25, 0.3) is 10.6 Å². The van der Waals surface area contributed by atoms with Crippen molar-refractivity contribution < 1.29 is 4.79 Å². The van der Waals surface area contributed by atoms with Gasteiger partial charge in [-0.15, -0.1) is 11.3 Å². The summed E-state index contributed by atoms with van der Waals surface area (Å²) in [6.45, 7) is 0. The zero-order valence-corrected chi connectivity index (χ0v) is 10.6. The number of carbonyl (C=O) groups excluding carboxylic acids is 1. The van der Waals surface area contributed by atoms with Crippen LogP contribution >= 0.6 is 23.1 Å². The average molecular weight is 265 g/mol. The van der Waals surface area contributed by atoms with Gasteiger partial charge in [-0.25, -0.2) is 0 Å². The minimum Gasteiger partial charge on any atom is -0.347 e. The monoisotopic (exact) mass is 265 g/mol. The Bertz CT molecular complexity index is 517. The molecule has 0 unspecified atom stereocenters. The van der Waals surface area contributed by atoms with E-state index in [-0.39, 0.29) is 5.91 Å². The number of hydrogen-bond donors (Lipinski definition) is 2. The highest BCUT2D eigenvalue weighted by Crippen LogP contribution is 2.26. The van der Waals surface area contributed by atoms with Crippen molar-refractivity contribution in [2.24, 2.45) is 0 Å². The molecule has 1 amide bonds. The van der Waals surface area contributed by atoms with Crippen LogP contribution in [-0.4, -0.2) is 33.7 Å². The van der Waals surface area contributed by atoms with Crippen molar-refractivity contribution in [3.63, 3.8) is 0 Å². The second-order valence-corrected chi connectivity index (χ2v) is 6.00. The molecule has 2 aromatic heterocycles. The van der Waals surface area contributed by atoms with Crippen LogP contribution in [0, 0.1) is 0 Å². The van der Waals surface area contributed by atoms with Gasteiger partial charge in [-0.2, -0.15) is 16.9 Å². The largest absolute Gasteiger partial charge is 0.347 e. The van der Waals surface area contributed by atoms with E-state index in [4.69, 9.17) is 0 Å². The van der Waals surface area contributed by atoms with Crippen LogP contribution in [-0.2, 0) is 0 Å². The molecule has 3 heterocycles. The van der Waals surface area contributed by atoms with E-state index < -0.39 is 0 Å². The molecule has 0 atom stereocenters. The first-order valence-corrected chi connectivity index (χ1v) is 7.28. The average Bonchev–Trinajstić information content (AvgIpc) is 2.91. The molecule has 6 heteroatoms. The molecule has 0 saturated carbocycles. The SMILES string of the molecule is O=C(NC1CSC1)c1ccc(-c2ccn[nH]2)s1. The van der Waals surface area contributed by atoms with Gasteiger partial charge >= 0.3 is 0 Å². The van der Waals surface area contributed by atoms with Gasteiger partial charge in [0.15, 0.2) is 0 Å². The zero-order chi connectivity index (χ0) is 11.7. The highest BCUT2D eigenvalue weighted by molar-refractivity contribution is 8.00. The topological polar surface area (TPSA) is 57.8 Å². The Labute approximate surface area is 107 Å². The number of carbonyl (C=O) groups is 1. The number of thiophene rings is 1. The molecule has 0 aliphatic carbocycles. The zero-order valence-electron chi connectivity index (χ0n) is 8.97. The van der Waals surface area contributed by atoms with Crippen LogP contribution in [0.2, 0.25) is 0 Å². The fraction of sp³-hybridized carbons (Fsp3) is 0.273. The van der Waals surface area contributed by atoms with Crippen LogP contribution in [0.3, 0.4) is 0 Å². The molecule has 0 radical (unpaired) electrons. The van der Waals surface area contributed by atoms with E-state index in [9.17, 15) is 4.79 Å². The van der Waals surface area contributed by atoms with Gasteiger partial charge in [0.2, 0.25) is 0 Å². The standard InChI is InChI=1S/C11H11N3OS2/c15-11(13-7-5-16-6-7)10-2-1-9(17-10)8-3-4-12-14-8/h1-4,7H,5-6H2,(H,12,14)(H,13,15). The van der Waals surface area contributed by atoms with Gasteiger partial charge in [-0.3, -0.25) is 9.89 Å². The molecule has 1 aliphatic rings. The molecule has 3 rings (SSSR count). The Kier molecular flexibility index (Phi) is 2.90. The first-order valence-electron chi connectivity index (χ1n) is 5.31. The Morgan fingerprint density at radius 3 is 2.94 bits per heavy atom. The summed E-state index contributed by atoms with van der Waals surface area (Å²) in [6.07, 6.45) is 1.71. The van der Waals surface area contributed by atoms with E-state index in [1.807, 2.05) is 30.0 Å². The minimum absolute atomic E-state index is 0.0334. The number of aromatic nitrogens is 2. The smallest absolute Gasteiger partial charge is 0.261 e. The summed E-state index contributed by atoms with van der Waals surface area (Å²) in [4.78, 5) is 13.7. The summed E-state index contributed by atoms with van der Waals surface area (Å²) in [5.74, 6) is 2.10. The van der Waals surface area contributed by atoms with Crippen molar-refractivity contribution in [3.8, 4) is 10.6 Å². The van der Waals surface area contributed by atoms with Gasteiger partial charge in [0.05, 0.1) is 15.4 Å². The lowest BCUT2D eigenvalue weighted by Gasteiger charge is -2.25. The molecule has 2 N–H and O–H groups in total. The summed E-state index contributed by atoms with van der Waals surface area (Å²) in [6, 6.07) is 6.06. The molecule has 4 nitrogen and oxygen atoms in total. The third kappa shape index (κ3) is 2.23. The Morgan fingerprint density at radius 2 is 2.29 bits per heavy atom. The van der Waals surface area contributed by atoms with Crippen LogP contribution in [0.15, 0.2) is 24.4 Å². The normalized spacial score (nSPS) is 15.5. The molecule has 2 aromatic rings. The molecule has 0 bridgehead atoms. The first kappa shape index (κ1) is 10.9. The third-order valence-corrected chi connectivity index (χ3v) is 4.96. The number of rotatable bonds is 3. The second-order valence-electron chi connectivity index (χ2n) is 3.84. The molecule has 1 saturated heterocycles. The fourth-order valence-electron chi connectivity index (χ4n) is 1.57. The summed E-state index contributed by atoms with van der Waals surface area (Å²) in [5, 5.41) is 9.81. The third-order valence-electron chi connectivity index (χ3n) is 2.57. The highest BCUT2D eigenvalue weighted by atomic mass is 32.2. The quantitative estimate of drug-likeness (QED) is 0.892. The van der Waals surface area contributed by atoms with Crippen molar-refractivity contribution in [1.82, 2.24) is 15.5 Å². The Morgan fingerprint density at radius 1 is 1.41 bits per heavy atom. The molecule has 1 fully saturated rings. The number of amides is 1. The van der Waals surface area contributed by atoms with E-state index >= 15 is 0 Å². The van der Waals surface area contributed by atoms with Crippen molar-refractivity contribution >= 4 is 29.0 Å². The summed E-state index contributed by atoms with van der Waals surface area (Å²) in [7, 11) is 0. The number of H-pyrrole nitrogens is 1. The van der Waals surface area contributed by atoms with E-state index in [0.29, 0.717) is 6.04 Å². The molecule has 1 aliphatic heterocycles. The van der Waals surface area contributed by atoms with Gasteiger partial charge in [-0.1, -0.05) is 0 Å². The predicted molar refractivity (Wildman–Crippen MR) is 70.5 cm³/mol. The fourth-order valence-corrected chi connectivity index (χ4v) is 3.10. The number of nitrogens with zero attached hydrogens (tertiary/aromatic N) is 1. The molecular weight excluding hydrogens is 254 g/mol. The number of nitrogens with one attached hydrogen (secondary N) is 2. The lowest BCUT2D eigenvalue weighted by molar-refractivity contribution is 0.0947.